The number of hydrogen-bond donors (Lipinski definition) is 0. The van der Waals surface area contributed by atoms with Crippen LogP contribution in [0, 0.1) is 6.92 Å². The van der Waals surface area contributed by atoms with Gasteiger partial charge in [-0.05, 0) is 20.8 Å². The number of aromatic nitrogens is 2. The van der Waals surface area contributed by atoms with Crippen LogP contribution in [0.3, 0.4) is 0 Å². The van der Waals surface area contributed by atoms with Gasteiger partial charge in [0, 0.05) is 19.5 Å². The first-order valence-electron chi connectivity index (χ1n) is 7.85. The van der Waals surface area contributed by atoms with Crippen molar-refractivity contribution in [3.63, 3.8) is 0 Å². The van der Waals surface area contributed by atoms with Crippen LogP contribution >= 0.6 is 11.8 Å². The largest absolute Gasteiger partial charge is 0.378 e. The van der Waals surface area contributed by atoms with E-state index in [9.17, 15) is 9.59 Å². The van der Waals surface area contributed by atoms with Crippen molar-refractivity contribution < 1.29 is 14.3 Å². The highest BCUT2D eigenvalue weighted by molar-refractivity contribution is 8.00. The Kier molecular flexibility index (Phi) is 6.12. The van der Waals surface area contributed by atoms with Crippen LogP contribution in [-0.2, 0) is 16.0 Å². The second-order valence-electron chi connectivity index (χ2n) is 5.51. The van der Waals surface area contributed by atoms with Crippen LogP contribution < -0.4 is 0 Å². The summed E-state index contributed by atoms with van der Waals surface area (Å²) in [5, 5.41) is 0.307. The van der Waals surface area contributed by atoms with E-state index in [4.69, 9.17) is 4.74 Å². The maximum absolute atomic E-state index is 12.5. The molecule has 126 valence electrons. The molecule has 6 nitrogen and oxygen atoms in total. The van der Waals surface area contributed by atoms with Crippen LogP contribution in [0.5, 0.6) is 0 Å². The molecule has 0 N–H and O–H groups in total. The van der Waals surface area contributed by atoms with Crippen LogP contribution in [0.2, 0.25) is 0 Å². The molecule has 0 spiro atoms. The molecule has 7 heteroatoms. The second kappa shape index (κ2) is 7.88. The minimum absolute atomic E-state index is 0.0575. The number of rotatable bonds is 5. The van der Waals surface area contributed by atoms with E-state index < -0.39 is 0 Å². The summed E-state index contributed by atoms with van der Waals surface area (Å²) in [5.41, 5.74) is 1.20. The van der Waals surface area contributed by atoms with Gasteiger partial charge in [-0.3, -0.25) is 9.59 Å². The van der Waals surface area contributed by atoms with E-state index in [1.807, 2.05) is 25.7 Å². The quantitative estimate of drug-likeness (QED) is 0.464. The number of hydrogen-bond acceptors (Lipinski definition) is 6. The fourth-order valence-electron chi connectivity index (χ4n) is 2.51. The van der Waals surface area contributed by atoms with Crippen LogP contribution in [0.15, 0.2) is 5.03 Å². The summed E-state index contributed by atoms with van der Waals surface area (Å²) in [6.45, 7) is 9.54. The van der Waals surface area contributed by atoms with Gasteiger partial charge in [0.1, 0.15) is 10.9 Å². The molecule has 1 saturated heterocycles. The SMILES string of the molecule is CCc1nc(C)c(C(C)=O)c(SC(C)C(=O)N2CCOCC2)n1. The van der Waals surface area contributed by atoms with Gasteiger partial charge >= 0.3 is 0 Å². The number of morpholine rings is 1. The molecule has 0 aliphatic carbocycles. The maximum atomic E-state index is 12.5. The highest BCUT2D eigenvalue weighted by Crippen LogP contribution is 2.28. The minimum atomic E-state index is -0.301. The van der Waals surface area contributed by atoms with Gasteiger partial charge in [-0.15, -0.1) is 0 Å². The summed E-state index contributed by atoms with van der Waals surface area (Å²) in [6, 6.07) is 0. The molecule has 1 fully saturated rings. The molecular weight excluding hydrogens is 314 g/mol. The Bertz CT molecular complexity index is 600. The Balaban J connectivity index is 2.22. The Morgan fingerprint density at radius 2 is 1.96 bits per heavy atom. The van der Waals surface area contributed by atoms with Crippen molar-refractivity contribution in [2.24, 2.45) is 0 Å². The van der Waals surface area contributed by atoms with Gasteiger partial charge in [0.2, 0.25) is 5.91 Å². The second-order valence-corrected chi connectivity index (χ2v) is 6.84. The van der Waals surface area contributed by atoms with Gasteiger partial charge in [0.25, 0.3) is 0 Å². The first-order valence-corrected chi connectivity index (χ1v) is 8.73. The normalized spacial score (nSPS) is 16.3. The smallest absolute Gasteiger partial charge is 0.235 e. The topological polar surface area (TPSA) is 72.4 Å². The summed E-state index contributed by atoms with van der Waals surface area (Å²) in [7, 11) is 0. The molecule has 2 rings (SSSR count). The van der Waals surface area contributed by atoms with Crippen molar-refractivity contribution in [3.8, 4) is 0 Å². The van der Waals surface area contributed by atoms with Gasteiger partial charge in [0.15, 0.2) is 5.78 Å². The molecule has 23 heavy (non-hydrogen) atoms. The molecule has 1 aliphatic rings. The lowest BCUT2D eigenvalue weighted by Crippen LogP contribution is -2.44. The molecule has 0 aromatic carbocycles. The number of carbonyl (C=O) groups is 2. The third kappa shape index (κ3) is 4.29. The monoisotopic (exact) mass is 337 g/mol. The summed E-state index contributed by atoms with van der Waals surface area (Å²) < 4.78 is 5.28. The summed E-state index contributed by atoms with van der Waals surface area (Å²) in [5.74, 6) is 0.682. The fourth-order valence-corrected chi connectivity index (χ4v) is 3.66. The van der Waals surface area contributed by atoms with Crippen LogP contribution in [0.4, 0.5) is 0 Å². The van der Waals surface area contributed by atoms with Crippen molar-refractivity contribution in [3.05, 3.63) is 17.1 Å². The van der Waals surface area contributed by atoms with E-state index in [1.54, 1.807) is 0 Å². The molecule has 2 heterocycles. The summed E-state index contributed by atoms with van der Waals surface area (Å²) in [4.78, 5) is 35.1. The molecule has 0 radical (unpaired) electrons. The zero-order valence-electron chi connectivity index (χ0n) is 14.1. The average Bonchev–Trinajstić information content (AvgIpc) is 2.53. The van der Waals surface area contributed by atoms with Crippen molar-refractivity contribution in [1.29, 1.82) is 0 Å². The molecule has 1 amide bonds. The standard InChI is InChI=1S/C16H23N3O3S/c1-5-13-17-10(2)14(11(3)20)15(18-13)23-12(4)16(21)19-6-8-22-9-7-19/h12H,5-9H2,1-4H3. The number of nitrogens with zero attached hydrogens (tertiary/aromatic N) is 3. The van der Waals surface area contributed by atoms with Gasteiger partial charge < -0.3 is 9.64 Å². The van der Waals surface area contributed by atoms with E-state index in [2.05, 4.69) is 9.97 Å². The van der Waals surface area contributed by atoms with E-state index in [0.717, 1.165) is 0 Å². The zero-order valence-corrected chi connectivity index (χ0v) is 14.9. The Hall–Kier alpha value is -1.47. The van der Waals surface area contributed by atoms with Crippen molar-refractivity contribution in [1.82, 2.24) is 14.9 Å². The number of Topliss-reactive ketones (excluding diaryl/α,β-unsaturated/α-hetero) is 1. The number of ketones is 1. The molecule has 0 saturated carbocycles. The summed E-state index contributed by atoms with van der Waals surface area (Å²) >= 11 is 1.34. The van der Waals surface area contributed by atoms with E-state index >= 15 is 0 Å². The number of ether oxygens (including phenoxy) is 1. The molecule has 1 aliphatic heterocycles. The predicted molar refractivity (Wildman–Crippen MR) is 88.9 cm³/mol. The highest BCUT2D eigenvalue weighted by Gasteiger charge is 2.26. The van der Waals surface area contributed by atoms with Gasteiger partial charge in [-0.1, -0.05) is 18.7 Å². The number of amides is 1. The molecular formula is C16H23N3O3S. The number of carbonyl (C=O) groups excluding carboxylic acids is 2. The molecule has 1 aromatic heterocycles. The average molecular weight is 337 g/mol. The lowest BCUT2D eigenvalue weighted by atomic mass is 10.2. The van der Waals surface area contributed by atoms with Crippen molar-refractivity contribution in [2.75, 3.05) is 26.3 Å². The Morgan fingerprint density at radius 1 is 1.30 bits per heavy atom. The first kappa shape index (κ1) is 17.9. The zero-order chi connectivity index (χ0) is 17.0. The van der Waals surface area contributed by atoms with Crippen LogP contribution in [0.25, 0.3) is 0 Å². The Morgan fingerprint density at radius 3 is 2.52 bits per heavy atom. The van der Waals surface area contributed by atoms with Crippen molar-refractivity contribution in [2.45, 2.75) is 44.4 Å². The number of aryl methyl sites for hydroxylation is 2. The molecule has 0 bridgehead atoms. The lowest BCUT2D eigenvalue weighted by molar-refractivity contribution is -0.134. The lowest BCUT2D eigenvalue weighted by Gasteiger charge is -2.29. The van der Waals surface area contributed by atoms with E-state index in [1.165, 1.54) is 18.7 Å². The Labute approximate surface area is 141 Å². The fraction of sp³-hybridized carbons (Fsp3) is 0.625. The third-order valence-electron chi connectivity index (χ3n) is 3.73. The first-order chi connectivity index (χ1) is 10.9. The predicted octanol–water partition coefficient (Wildman–Crippen LogP) is 1.89. The van der Waals surface area contributed by atoms with Gasteiger partial charge in [-0.25, -0.2) is 9.97 Å². The number of thioether (sulfide) groups is 1. The van der Waals surface area contributed by atoms with E-state index in [-0.39, 0.29) is 16.9 Å². The van der Waals surface area contributed by atoms with Crippen molar-refractivity contribution >= 4 is 23.5 Å². The van der Waals surface area contributed by atoms with Crippen LogP contribution in [0.1, 0.15) is 42.6 Å². The van der Waals surface area contributed by atoms with Gasteiger partial charge in [-0.2, -0.15) is 0 Å². The summed E-state index contributed by atoms with van der Waals surface area (Å²) in [6.07, 6.45) is 0.693. The molecule has 1 aromatic rings. The molecule has 1 unspecified atom stereocenters. The minimum Gasteiger partial charge on any atom is -0.378 e. The van der Waals surface area contributed by atoms with Crippen LogP contribution in [-0.4, -0.2) is 58.1 Å². The third-order valence-corrected chi connectivity index (χ3v) is 4.80. The van der Waals surface area contributed by atoms with Gasteiger partial charge in [0.05, 0.1) is 29.7 Å². The molecule has 1 atom stereocenters. The van der Waals surface area contributed by atoms with E-state index in [0.29, 0.717) is 54.8 Å². The highest BCUT2D eigenvalue weighted by atomic mass is 32.2. The maximum Gasteiger partial charge on any atom is 0.235 e.